The molecule has 2 amide bonds. The number of nitrogens with one attached hydrogen (secondary N) is 2. The van der Waals surface area contributed by atoms with Gasteiger partial charge in [0.15, 0.2) is 0 Å². The molecule has 3 heteroatoms. The minimum absolute atomic E-state index is 0.0172. The molecular formula is C15H32N2O. The maximum atomic E-state index is 11.2. The van der Waals surface area contributed by atoms with Crippen molar-refractivity contribution >= 4 is 6.03 Å². The Kier molecular flexibility index (Phi) is 13.8. The van der Waals surface area contributed by atoms with Crippen LogP contribution in [0.5, 0.6) is 0 Å². The fraction of sp³-hybridized carbons (Fsp3) is 0.933. The Morgan fingerprint density at radius 1 is 0.667 bits per heavy atom. The molecule has 3 nitrogen and oxygen atoms in total. The van der Waals surface area contributed by atoms with Crippen LogP contribution in [0.3, 0.4) is 0 Å². The average Bonchev–Trinajstić information content (AvgIpc) is 2.38. The van der Waals surface area contributed by atoms with E-state index in [0.717, 1.165) is 25.9 Å². The highest BCUT2D eigenvalue weighted by molar-refractivity contribution is 5.73. The third-order valence-electron chi connectivity index (χ3n) is 3.10. The standard InChI is InChI=1S/C15H32N2O/c1-3-5-6-7-8-9-10-11-12-14-17-15(18)16-13-4-2/h3-14H2,1-2H3,(H2,16,17,18). The van der Waals surface area contributed by atoms with Crippen LogP contribution >= 0.6 is 0 Å². The minimum Gasteiger partial charge on any atom is -0.338 e. The van der Waals surface area contributed by atoms with Crippen LogP contribution in [-0.4, -0.2) is 19.1 Å². The van der Waals surface area contributed by atoms with Crippen molar-refractivity contribution in [2.45, 2.75) is 78.1 Å². The number of carbonyl (C=O) groups is 1. The van der Waals surface area contributed by atoms with Gasteiger partial charge in [0.1, 0.15) is 0 Å². The van der Waals surface area contributed by atoms with Gasteiger partial charge in [-0.15, -0.1) is 0 Å². The number of hydrogen-bond acceptors (Lipinski definition) is 1. The van der Waals surface area contributed by atoms with Crippen molar-refractivity contribution in [1.29, 1.82) is 0 Å². The first kappa shape index (κ1) is 17.3. The van der Waals surface area contributed by atoms with Crippen LogP contribution < -0.4 is 10.6 Å². The smallest absolute Gasteiger partial charge is 0.314 e. The topological polar surface area (TPSA) is 41.1 Å². The first-order valence-corrected chi connectivity index (χ1v) is 7.83. The molecule has 18 heavy (non-hydrogen) atoms. The summed E-state index contributed by atoms with van der Waals surface area (Å²) in [5.74, 6) is 0. The zero-order valence-electron chi connectivity index (χ0n) is 12.4. The Labute approximate surface area is 113 Å². The molecule has 0 saturated carbocycles. The quantitative estimate of drug-likeness (QED) is 0.504. The first-order chi connectivity index (χ1) is 8.81. The molecule has 0 aliphatic carbocycles. The predicted molar refractivity (Wildman–Crippen MR) is 78.9 cm³/mol. The molecule has 0 aromatic heterocycles. The molecule has 0 unspecified atom stereocenters. The van der Waals surface area contributed by atoms with Crippen molar-refractivity contribution in [3.63, 3.8) is 0 Å². The van der Waals surface area contributed by atoms with Crippen LogP contribution in [0, 0.1) is 0 Å². The van der Waals surface area contributed by atoms with Gasteiger partial charge in [-0.25, -0.2) is 4.79 Å². The van der Waals surface area contributed by atoms with Gasteiger partial charge in [0, 0.05) is 13.1 Å². The van der Waals surface area contributed by atoms with E-state index in [4.69, 9.17) is 0 Å². The van der Waals surface area contributed by atoms with Crippen LogP contribution in [0.15, 0.2) is 0 Å². The lowest BCUT2D eigenvalue weighted by Gasteiger charge is -2.06. The van der Waals surface area contributed by atoms with E-state index < -0.39 is 0 Å². The summed E-state index contributed by atoms with van der Waals surface area (Å²) in [6.45, 7) is 5.89. The second-order valence-electron chi connectivity index (χ2n) is 5.01. The van der Waals surface area contributed by atoms with E-state index >= 15 is 0 Å². The van der Waals surface area contributed by atoms with Gasteiger partial charge in [-0.1, -0.05) is 65.2 Å². The molecule has 0 radical (unpaired) electrons. The third kappa shape index (κ3) is 13.3. The molecule has 0 aliphatic rings. The summed E-state index contributed by atoms with van der Waals surface area (Å²) in [4.78, 5) is 11.2. The number of carbonyl (C=O) groups excluding carboxylic acids is 1. The highest BCUT2D eigenvalue weighted by Crippen LogP contribution is 2.09. The van der Waals surface area contributed by atoms with Crippen LogP contribution in [0.1, 0.15) is 78.1 Å². The lowest BCUT2D eigenvalue weighted by Crippen LogP contribution is -2.36. The van der Waals surface area contributed by atoms with E-state index in [1.165, 1.54) is 51.4 Å². The van der Waals surface area contributed by atoms with E-state index in [1.54, 1.807) is 0 Å². The second kappa shape index (κ2) is 14.3. The molecule has 0 atom stereocenters. The van der Waals surface area contributed by atoms with Crippen molar-refractivity contribution in [2.75, 3.05) is 13.1 Å². The van der Waals surface area contributed by atoms with Gasteiger partial charge in [0.05, 0.1) is 0 Å². The van der Waals surface area contributed by atoms with Crippen LogP contribution in [0.2, 0.25) is 0 Å². The number of urea groups is 1. The molecule has 0 heterocycles. The van der Waals surface area contributed by atoms with E-state index in [1.807, 2.05) is 0 Å². The summed E-state index contributed by atoms with van der Waals surface area (Å²) in [7, 11) is 0. The molecule has 0 spiro atoms. The molecule has 0 aliphatic heterocycles. The number of rotatable bonds is 12. The van der Waals surface area contributed by atoms with Gasteiger partial charge in [-0.3, -0.25) is 0 Å². The Morgan fingerprint density at radius 2 is 1.17 bits per heavy atom. The zero-order valence-corrected chi connectivity index (χ0v) is 12.4. The fourth-order valence-corrected chi connectivity index (χ4v) is 1.94. The summed E-state index contributed by atoms with van der Waals surface area (Å²) in [5.41, 5.74) is 0. The Balaban J connectivity index is 3.04. The van der Waals surface area contributed by atoms with E-state index in [0.29, 0.717) is 0 Å². The summed E-state index contributed by atoms with van der Waals surface area (Å²) in [6.07, 6.45) is 12.9. The summed E-state index contributed by atoms with van der Waals surface area (Å²) in [5, 5.41) is 5.70. The van der Waals surface area contributed by atoms with Gasteiger partial charge in [-0.05, 0) is 12.8 Å². The van der Waals surface area contributed by atoms with Crippen molar-refractivity contribution in [2.24, 2.45) is 0 Å². The van der Waals surface area contributed by atoms with Gasteiger partial charge >= 0.3 is 6.03 Å². The third-order valence-corrected chi connectivity index (χ3v) is 3.10. The lowest BCUT2D eigenvalue weighted by atomic mass is 10.1. The number of amides is 2. The highest BCUT2D eigenvalue weighted by atomic mass is 16.2. The van der Waals surface area contributed by atoms with Gasteiger partial charge < -0.3 is 10.6 Å². The van der Waals surface area contributed by atoms with Crippen LogP contribution in [0.4, 0.5) is 4.79 Å². The molecule has 108 valence electrons. The molecule has 0 fully saturated rings. The number of unbranched alkanes of at least 4 members (excludes halogenated alkanes) is 8. The summed E-state index contributed by atoms with van der Waals surface area (Å²) in [6, 6.07) is -0.0172. The zero-order chi connectivity index (χ0) is 13.5. The monoisotopic (exact) mass is 256 g/mol. The largest absolute Gasteiger partial charge is 0.338 e. The summed E-state index contributed by atoms with van der Waals surface area (Å²) >= 11 is 0. The Bertz CT molecular complexity index is 183. The van der Waals surface area contributed by atoms with E-state index in [2.05, 4.69) is 24.5 Å². The first-order valence-electron chi connectivity index (χ1n) is 7.83. The Hall–Kier alpha value is -0.730. The van der Waals surface area contributed by atoms with E-state index in [9.17, 15) is 4.79 Å². The number of hydrogen-bond donors (Lipinski definition) is 2. The van der Waals surface area contributed by atoms with Gasteiger partial charge in [0.2, 0.25) is 0 Å². The molecule has 0 aromatic rings. The molecule has 2 N–H and O–H groups in total. The van der Waals surface area contributed by atoms with E-state index in [-0.39, 0.29) is 6.03 Å². The summed E-state index contributed by atoms with van der Waals surface area (Å²) < 4.78 is 0. The second-order valence-corrected chi connectivity index (χ2v) is 5.01. The SMILES string of the molecule is CCCCCCCCCCCNC(=O)NCCC. The molecule has 0 aromatic carbocycles. The Morgan fingerprint density at radius 3 is 1.72 bits per heavy atom. The van der Waals surface area contributed by atoms with Crippen molar-refractivity contribution in [3.05, 3.63) is 0 Å². The predicted octanol–water partition coefficient (Wildman–Crippen LogP) is 4.23. The van der Waals surface area contributed by atoms with Crippen LogP contribution in [0.25, 0.3) is 0 Å². The average molecular weight is 256 g/mol. The molecule has 0 saturated heterocycles. The van der Waals surface area contributed by atoms with Crippen molar-refractivity contribution in [3.8, 4) is 0 Å². The maximum Gasteiger partial charge on any atom is 0.314 e. The molecule has 0 rings (SSSR count). The normalized spacial score (nSPS) is 10.3. The van der Waals surface area contributed by atoms with Crippen molar-refractivity contribution < 1.29 is 4.79 Å². The van der Waals surface area contributed by atoms with Gasteiger partial charge in [0.25, 0.3) is 0 Å². The minimum atomic E-state index is -0.0172. The fourth-order valence-electron chi connectivity index (χ4n) is 1.94. The van der Waals surface area contributed by atoms with Crippen molar-refractivity contribution in [1.82, 2.24) is 10.6 Å². The highest BCUT2D eigenvalue weighted by Gasteiger charge is 1.97. The van der Waals surface area contributed by atoms with Crippen LogP contribution in [-0.2, 0) is 0 Å². The lowest BCUT2D eigenvalue weighted by molar-refractivity contribution is 0.240. The molecule has 0 bridgehead atoms. The maximum absolute atomic E-state index is 11.2. The van der Waals surface area contributed by atoms with Gasteiger partial charge in [-0.2, -0.15) is 0 Å². The molecular weight excluding hydrogens is 224 g/mol.